The van der Waals surface area contributed by atoms with Crippen molar-refractivity contribution in [1.82, 2.24) is 0 Å². The normalized spacial score (nSPS) is 5.33. The van der Waals surface area contributed by atoms with E-state index in [9.17, 15) is 9.90 Å². The first-order valence-corrected chi connectivity index (χ1v) is 2.71. The number of carboxylic acids is 1. The minimum absolute atomic E-state index is 0. The van der Waals surface area contributed by atoms with Crippen LogP contribution in [0.5, 0.6) is 0 Å². The van der Waals surface area contributed by atoms with Crippen molar-refractivity contribution < 1.29 is 77.6 Å². The van der Waals surface area contributed by atoms with E-state index in [1.165, 1.54) is 6.07 Å². The molecule has 1 rings (SSSR count). The monoisotopic (exact) mass is 600 g/mol. The smallest absolute Gasteiger partial charge is 1.00 e. The molecule has 0 saturated carbocycles. The fourth-order valence-corrected chi connectivity index (χ4v) is 0.738. The summed E-state index contributed by atoms with van der Waals surface area (Å²) in [4.78, 5) is 10.1. The number of carbonyl (C=O) groups excluding carboxylic acids is 1. The van der Waals surface area contributed by atoms with Gasteiger partial charge in [0.2, 0.25) is 0 Å². The molecule has 2 radical (unpaired) electrons. The van der Waals surface area contributed by atoms with Crippen molar-refractivity contribution in [1.29, 1.82) is 0 Å². The van der Waals surface area contributed by atoms with Crippen molar-refractivity contribution in [3.63, 3.8) is 0 Å². The second kappa shape index (κ2) is 12.4. The van der Waals surface area contributed by atoms with Crippen molar-refractivity contribution in [3.8, 4) is 0 Å². The predicted octanol–water partition coefficient (Wildman–Crippen LogP) is -2.87. The average Bonchev–Trinajstić information content (AvgIpc) is 2.12. The Bertz CT molecular complexity index is 193. The third kappa shape index (κ3) is 8.06. The molecule has 0 unspecified atom stereocenters. The van der Waals surface area contributed by atoms with Gasteiger partial charge in [0, 0.05) is 6.07 Å². The van der Waals surface area contributed by atoms with Gasteiger partial charge in [-0.15, -0.1) is 12.4 Å². The van der Waals surface area contributed by atoms with E-state index >= 15 is 0 Å². The van der Waals surface area contributed by atoms with Crippen LogP contribution in [0, 0.1) is 11.4 Å². The van der Waals surface area contributed by atoms with Crippen LogP contribution in [0.4, 0.5) is 0 Å². The number of carboxylic acid groups (broad SMARTS) is 1. The number of aromatic carboxylic acids is 1. The Morgan fingerprint density at radius 3 is 2.17 bits per heavy atom. The van der Waals surface area contributed by atoms with E-state index in [0.717, 1.165) is 11.3 Å². The molecule has 0 spiro atoms. The summed E-state index contributed by atoms with van der Waals surface area (Å²) >= 11 is 0.988. The van der Waals surface area contributed by atoms with Crippen molar-refractivity contribution in [2.24, 2.45) is 0 Å². The molecule has 7 heteroatoms. The molecule has 0 bridgehead atoms. The first-order valence-electron chi connectivity index (χ1n) is 1.89. The minimum Gasteiger partial charge on any atom is -1.00 e. The third-order valence-electron chi connectivity index (χ3n) is 0.624. The summed E-state index contributed by atoms with van der Waals surface area (Å²) in [6, 6.07) is 3.82. The van der Waals surface area contributed by atoms with Crippen molar-refractivity contribution in [3.05, 3.63) is 22.4 Å². The van der Waals surface area contributed by atoms with Crippen LogP contribution in [0.2, 0.25) is 0 Å². The molecule has 2 nitrogen and oxygen atoms in total. The topological polar surface area (TPSA) is 40.1 Å². The molecule has 1 aromatic rings. The van der Waals surface area contributed by atoms with Crippen LogP contribution in [0.3, 0.4) is 0 Å². The standard InChI is InChI=1S/C5H2O2S.2ClH.2Hg/c6-5(7)4-2-1-3-8-4;;;;/h2H,(H,6,7);2*1H;;/q;;;2*+1/p-2. The van der Waals surface area contributed by atoms with Crippen LogP contribution in [0.15, 0.2) is 6.07 Å². The van der Waals surface area contributed by atoms with E-state index in [4.69, 9.17) is 0 Å². The van der Waals surface area contributed by atoms with E-state index in [2.05, 4.69) is 11.4 Å². The van der Waals surface area contributed by atoms with Gasteiger partial charge in [-0.2, -0.15) is 0 Å². The molecule has 0 saturated heterocycles. The van der Waals surface area contributed by atoms with E-state index in [-0.39, 0.29) is 85.0 Å². The summed E-state index contributed by atoms with van der Waals surface area (Å²) in [7, 11) is 0. The summed E-state index contributed by atoms with van der Waals surface area (Å²) in [6.07, 6.45) is 0. The minimum atomic E-state index is -1.16. The third-order valence-corrected chi connectivity index (χ3v) is 1.35. The summed E-state index contributed by atoms with van der Waals surface area (Å²) in [5.41, 5.74) is 0. The first-order chi connectivity index (χ1) is 3.80. The zero-order chi connectivity index (χ0) is 5.98. The van der Waals surface area contributed by atoms with Gasteiger partial charge in [0.15, 0.2) is 0 Å². The van der Waals surface area contributed by atoms with Crippen molar-refractivity contribution in [2.75, 3.05) is 0 Å². The molecule has 12 heavy (non-hydrogen) atoms. The van der Waals surface area contributed by atoms with Gasteiger partial charge >= 0.3 is 55.3 Å². The number of carbonyl (C=O) groups is 1. The molecule has 58 valence electrons. The van der Waals surface area contributed by atoms with Gasteiger partial charge < -0.3 is 22.3 Å². The Morgan fingerprint density at radius 1 is 1.50 bits per heavy atom. The Balaban J connectivity index is -0.0000000800. The predicted molar refractivity (Wildman–Crippen MR) is 33.6 cm³/mol. The molecule has 0 aromatic carbocycles. The Morgan fingerprint density at radius 2 is 2.00 bits per heavy atom. The summed E-state index contributed by atoms with van der Waals surface area (Å²) in [6.45, 7) is 0. The van der Waals surface area contributed by atoms with Crippen molar-refractivity contribution in [2.45, 2.75) is 0 Å². The maximum Gasteiger partial charge on any atom is 1.00 e. The molecule has 1 aromatic heterocycles. The largest absolute Gasteiger partial charge is 1.00 e. The van der Waals surface area contributed by atoms with Gasteiger partial charge in [-0.3, -0.25) is 0 Å². The second-order valence-electron chi connectivity index (χ2n) is 1.14. The maximum atomic E-state index is 9.92. The summed E-state index contributed by atoms with van der Waals surface area (Å²) in [5, 5.41) is 12.4. The van der Waals surface area contributed by atoms with Gasteiger partial charge in [0.05, 0.1) is 10.8 Å². The fourth-order valence-electron chi connectivity index (χ4n) is 0.310. The Kier molecular flexibility index (Phi) is 24.2. The van der Waals surface area contributed by atoms with E-state index in [1.807, 2.05) is 0 Å². The van der Waals surface area contributed by atoms with Crippen LogP contribution in [-0.4, -0.2) is 5.97 Å². The average molecular weight is 598 g/mol. The molecule has 0 aliphatic heterocycles. The molecule has 0 fully saturated rings. The van der Waals surface area contributed by atoms with Crippen LogP contribution < -0.4 is 17.5 Å². The quantitative estimate of drug-likeness (QED) is 0.327. The van der Waals surface area contributed by atoms with Crippen LogP contribution in [-0.2, 0) is 55.3 Å². The van der Waals surface area contributed by atoms with E-state index in [1.54, 1.807) is 0 Å². The summed E-state index contributed by atoms with van der Waals surface area (Å²) < 4.78 is 0. The molecule has 0 amide bonds. The molecule has 0 aliphatic carbocycles. The molecule has 1 heterocycles. The fraction of sp³-hybridized carbons (Fsp3) is 0. The van der Waals surface area contributed by atoms with Gasteiger partial charge in [-0.25, -0.2) is 0 Å². The first kappa shape index (κ1) is 23.3. The van der Waals surface area contributed by atoms with E-state index < -0.39 is 5.97 Å². The number of halogens is 2. The number of rotatable bonds is 1. The molecule has 0 aliphatic rings. The number of hydrogen-bond acceptors (Lipinski definition) is 3. The van der Waals surface area contributed by atoms with Gasteiger partial charge in [0.25, 0.3) is 0 Å². The summed E-state index contributed by atoms with van der Waals surface area (Å²) in [5.74, 6) is -1.16. The SMILES string of the molecule is Cl.O=C([O-])c1cc#cs1.[Cl-].[Hg+].[Hg+]. The zero-order valence-corrected chi connectivity index (χ0v) is 19.4. The molecular formula is C5H2Cl2Hg2O2S. The maximum absolute atomic E-state index is 9.92. The van der Waals surface area contributed by atoms with Crippen LogP contribution >= 0.6 is 23.7 Å². The van der Waals surface area contributed by atoms with Gasteiger partial charge in [0.1, 0.15) is 0 Å². The van der Waals surface area contributed by atoms with Gasteiger partial charge in [-0.05, 0) is 5.38 Å². The molecule has 0 N–H and O–H groups in total. The van der Waals surface area contributed by atoms with Crippen molar-refractivity contribution >= 4 is 29.7 Å². The molecule has 0 atom stereocenters. The molecular weight excluding hydrogens is 596 g/mol. The Labute approximate surface area is 128 Å². The van der Waals surface area contributed by atoms with E-state index in [0.29, 0.717) is 0 Å². The van der Waals surface area contributed by atoms with Crippen LogP contribution in [0.25, 0.3) is 0 Å². The zero-order valence-electron chi connectivity index (χ0n) is 6.00. The second-order valence-corrected chi connectivity index (χ2v) is 1.99. The van der Waals surface area contributed by atoms with Gasteiger partial charge in [-0.1, -0.05) is 17.4 Å². The number of hydrogen-bond donors (Lipinski definition) is 0. The van der Waals surface area contributed by atoms with Crippen LogP contribution in [0.1, 0.15) is 9.67 Å². The Hall–Kier alpha value is 1.44.